The highest BCUT2D eigenvalue weighted by Gasteiger charge is 2.43. The molecule has 140 valence electrons. The molecule has 2 aromatic carbocycles. The van der Waals surface area contributed by atoms with Crippen LogP contribution in [0.15, 0.2) is 36.4 Å². The molecule has 2 aliphatic rings. The zero-order valence-electron chi connectivity index (χ0n) is 14.9. The van der Waals surface area contributed by atoms with Crippen LogP contribution in [0.2, 0.25) is 10.0 Å². The van der Waals surface area contributed by atoms with Crippen molar-refractivity contribution in [1.29, 1.82) is 0 Å². The number of hydrogen-bond acceptors (Lipinski definition) is 3. The highest BCUT2D eigenvalue weighted by atomic mass is 35.5. The smallest absolute Gasteiger partial charge is 0.253 e. The second-order valence-corrected chi connectivity index (χ2v) is 8.13. The first-order chi connectivity index (χ1) is 12.9. The molecule has 0 saturated carbocycles. The second kappa shape index (κ2) is 6.84. The minimum absolute atomic E-state index is 0.0216. The first-order valence-electron chi connectivity index (χ1n) is 8.94. The van der Waals surface area contributed by atoms with Crippen LogP contribution in [0.3, 0.4) is 0 Å². The average Bonchev–Trinajstić information content (AvgIpc) is 2.64. The third kappa shape index (κ3) is 3.44. The lowest BCUT2D eigenvalue weighted by Gasteiger charge is -2.44. The van der Waals surface area contributed by atoms with E-state index in [1.54, 1.807) is 30.3 Å². The molecular formula is C21H19Cl2NO3. The number of likely N-dealkylation sites (tertiary alicyclic amines) is 1. The topological polar surface area (TPSA) is 46.6 Å². The molecular weight excluding hydrogens is 385 g/mol. The monoisotopic (exact) mass is 403 g/mol. The Morgan fingerprint density at radius 2 is 1.78 bits per heavy atom. The van der Waals surface area contributed by atoms with Gasteiger partial charge in [-0.1, -0.05) is 23.2 Å². The van der Waals surface area contributed by atoms with Gasteiger partial charge in [-0.15, -0.1) is 0 Å². The Morgan fingerprint density at radius 1 is 1.11 bits per heavy atom. The molecule has 27 heavy (non-hydrogen) atoms. The van der Waals surface area contributed by atoms with Crippen molar-refractivity contribution in [3.8, 4) is 5.75 Å². The van der Waals surface area contributed by atoms with Gasteiger partial charge >= 0.3 is 0 Å². The molecule has 0 aliphatic carbocycles. The van der Waals surface area contributed by atoms with E-state index in [2.05, 4.69) is 0 Å². The first-order valence-corrected chi connectivity index (χ1v) is 9.70. The van der Waals surface area contributed by atoms with Crippen LogP contribution in [0.4, 0.5) is 0 Å². The van der Waals surface area contributed by atoms with E-state index in [1.807, 2.05) is 17.9 Å². The molecule has 0 bridgehead atoms. The van der Waals surface area contributed by atoms with E-state index in [-0.39, 0.29) is 11.7 Å². The van der Waals surface area contributed by atoms with E-state index < -0.39 is 5.60 Å². The highest BCUT2D eigenvalue weighted by Crippen LogP contribution is 2.41. The summed E-state index contributed by atoms with van der Waals surface area (Å²) in [7, 11) is 0. The fourth-order valence-electron chi connectivity index (χ4n) is 3.79. The van der Waals surface area contributed by atoms with Crippen LogP contribution in [0.25, 0.3) is 0 Å². The number of carbonyl (C=O) groups excluding carboxylic acids is 2. The van der Waals surface area contributed by atoms with Gasteiger partial charge < -0.3 is 9.64 Å². The van der Waals surface area contributed by atoms with Gasteiger partial charge in [-0.3, -0.25) is 9.59 Å². The van der Waals surface area contributed by atoms with E-state index in [9.17, 15) is 9.59 Å². The summed E-state index contributed by atoms with van der Waals surface area (Å²) in [5.74, 6) is 0.632. The number of halogens is 2. The molecule has 0 aromatic heterocycles. The average molecular weight is 404 g/mol. The van der Waals surface area contributed by atoms with E-state index in [0.29, 0.717) is 59.3 Å². The fourth-order valence-corrected chi connectivity index (χ4v) is 4.08. The highest BCUT2D eigenvalue weighted by molar-refractivity contribution is 6.32. The molecule has 1 saturated heterocycles. The Kier molecular flexibility index (Phi) is 4.65. The summed E-state index contributed by atoms with van der Waals surface area (Å²) in [6.07, 6.45) is 1.57. The van der Waals surface area contributed by atoms with Gasteiger partial charge in [0.2, 0.25) is 0 Å². The van der Waals surface area contributed by atoms with Crippen molar-refractivity contribution in [2.24, 2.45) is 0 Å². The molecule has 4 nitrogen and oxygen atoms in total. The van der Waals surface area contributed by atoms with Crippen molar-refractivity contribution in [3.05, 3.63) is 63.1 Å². The molecule has 4 rings (SSSR count). The number of benzene rings is 2. The lowest BCUT2D eigenvalue weighted by Crippen LogP contribution is -2.52. The summed E-state index contributed by atoms with van der Waals surface area (Å²) < 4.78 is 6.28. The van der Waals surface area contributed by atoms with Crippen molar-refractivity contribution in [2.45, 2.75) is 31.8 Å². The fraction of sp³-hybridized carbons (Fsp3) is 0.333. The van der Waals surface area contributed by atoms with E-state index in [1.165, 1.54) is 0 Å². The van der Waals surface area contributed by atoms with E-state index in [4.69, 9.17) is 27.9 Å². The minimum Gasteiger partial charge on any atom is -0.486 e. The molecule has 0 unspecified atom stereocenters. The van der Waals surface area contributed by atoms with Gasteiger partial charge in [-0.2, -0.15) is 0 Å². The Balaban J connectivity index is 1.50. The van der Waals surface area contributed by atoms with Gasteiger partial charge in [0.05, 0.1) is 12.0 Å². The van der Waals surface area contributed by atoms with Crippen LogP contribution in [-0.2, 0) is 0 Å². The summed E-state index contributed by atoms with van der Waals surface area (Å²) >= 11 is 12.0. The molecule has 2 heterocycles. The zero-order chi connectivity index (χ0) is 19.2. The van der Waals surface area contributed by atoms with Crippen LogP contribution in [0, 0.1) is 6.92 Å². The molecule has 1 spiro atoms. The Labute approximate surface area is 168 Å². The largest absolute Gasteiger partial charge is 0.486 e. The van der Waals surface area contributed by atoms with E-state index in [0.717, 1.165) is 5.56 Å². The number of fused-ring (bicyclic) bond motifs is 1. The molecule has 0 atom stereocenters. The third-order valence-electron chi connectivity index (χ3n) is 5.42. The number of rotatable bonds is 1. The molecule has 2 aromatic rings. The number of ether oxygens (including phenoxy) is 1. The Morgan fingerprint density at radius 3 is 2.44 bits per heavy atom. The van der Waals surface area contributed by atoms with Gasteiger partial charge in [0.15, 0.2) is 5.78 Å². The number of aryl methyl sites for hydroxylation is 1. The number of ketones is 1. The van der Waals surface area contributed by atoms with Gasteiger partial charge in [0.25, 0.3) is 5.91 Å². The maximum Gasteiger partial charge on any atom is 0.253 e. The van der Waals surface area contributed by atoms with Crippen LogP contribution < -0.4 is 4.74 Å². The number of Topliss-reactive ketones (excluding diaryl/α,β-unsaturated/α-hetero) is 1. The SMILES string of the molecule is Cc1cc2c(cc1Cl)C(=O)CC1(CCN(C(=O)c3ccc(Cl)cc3)CC1)O2. The van der Waals surface area contributed by atoms with Crippen molar-refractivity contribution in [2.75, 3.05) is 13.1 Å². The number of piperidine rings is 1. The zero-order valence-corrected chi connectivity index (χ0v) is 16.4. The molecule has 6 heteroatoms. The van der Waals surface area contributed by atoms with Gasteiger partial charge in [0.1, 0.15) is 11.4 Å². The maximum absolute atomic E-state index is 12.7. The van der Waals surface area contributed by atoms with Crippen LogP contribution in [0.5, 0.6) is 5.75 Å². The third-order valence-corrected chi connectivity index (χ3v) is 6.08. The molecule has 0 N–H and O–H groups in total. The van der Waals surface area contributed by atoms with Crippen molar-refractivity contribution in [3.63, 3.8) is 0 Å². The normalized spacial score (nSPS) is 18.2. The lowest BCUT2D eigenvalue weighted by atomic mass is 9.82. The molecule has 2 aliphatic heterocycles. The van der Waals surface area contributed by atoms with Crippen molar-refractivity contribution >= 4 is 34.9 Å². The summed E-state index contributed by atoms with van der Waals surface area (Å²) in [5.41, 5.74) is 1.51. The van der Waals surface area contributed by atoms with Crippen LogP contribution >= 0.6 is 23.2 Å². The minimum atomic E-state index is -0.541. The van der Waals surface area contributed by atoms with Gasteiger partial charge in [-0.05, 0) is 48.9 Å². The first kappa shape index (κ1) is 18.3. The molecule has 1 fully saturated rings. The summed E-state index contributed by atoms with van der Waals surface area (Å²) in [5, 5.41) is 1.18. The van der Waals surface area contributed by atoms with Gasteiger partial charge in [-0.25, -0.2) is 0 Å². The molecule has 1 amide bonds. The maximum atomic E-state index is 12.7. The summed E-state index contributed by atoms with van der Waals surface area (Å²) in [4.78, 5) is 27.2. The van der Waals surface area contributed by atoms with Crippen molar-refractivity contribution < 1.29 is 14.3 Å². The predicted octanol–water partition coefficient (Wildman–Crippen LogP) is 4.94. The van der Waals surface area contributed by atoms with Gasteiger partial charge in [0, 0.05) is 41.5 Å². The van der Waals surface area contributed by atoms with Crippen LogP contribution in [0.1, 0.15) is 45.5 Å². The Bertz CT molecular complexity index is 916. The predicted molar refractivity (Wildman–Crippen MR) is 105 cm³/mol. The number of amides is 1. The number of carbonyl (C=O) groups is 2. The quantitative estimate of drug-likeness (QED) is 0.676. The Hall–Kier alpha value is -2.04. The lowest BCUT2D eigenvalue weighted by molar-refractivity contribution is -0.00573. The summed E-state index contributed by atoms with van der Waals surface area (Å²) in [6, 6.07) is 10.4. The number of hydrogen-bond donors (Lipinski definition) is 0. The summed E-state index contributed by atoms with van der Waals surface area (Å²) in [6.45, 7) is 3.00. The van der Waals surface area contributed by atoms with Crippen molar-refractivity contribution in [1.82, 2.24) is 4.90 Å². The molecule has 0 radical (unpaired) electrons. The number of nitrogens with zero attached hydrogens (tertiary/aromatic N) is 1. The van der Waals surface area contributed by atoms with Crippen LogP contribution in [-0.4, -0.2) is 35.3 Å². The standard InChI is InChI=1S/C21H19Cl2NO3/c1-13-10-19-16(11-17(13)23)18(25)12-21(27-19)6-8-24(9-7-21)20(26)14-2-4-15(22)5-3-14/h2-5,10-11H,6-9,12H2,1H3. The van der Waals surface area contributed by atoms with E-state index >= 15 is 0 Å². The second-order valence-electron chi connectivity index (χ2n) is 7.28.